The highest BCUT2D eigenvalue weighted by atomic mass is 79.9. The molecule has 0 spiro atoms. The maximum absolute atomic E-state index is 4.51. The van der Waals surface area contributed by atoms with Crippen molar-refractivity contribution in [3.05, 3.63) is 56.5 Å². The molecule has 0 saturated carbocycles. The Balaban J connectivity index is 1.67. The van der Waals surface area contributed by atoms with Gasteiger partial charge in [0.1, 0.15) is 0 Å². The minimum absolute atomic E-state index is 0.759. The number of hydrogen-bond donors (Lipinski definition) is 2. The van der Waals surface area contributed by atoms with Crippen LogP contribution in [-0.2, 0) is 0 Å². The van der Waals surface area contributed by atoms with E-state index in [9.17, 15) is 0 Å². The van der Waals surface area contributed by atoms with Crippen LogP contribution >= 0.6 is 43.2 Å². The van der Waals surface area contributed by atoms with Gasteiger partial charge in [-0.1, -0.05) is 28.1 Å². The summed E-state index contributed by atoms with van der Waals surface area (Å²) in [5.41, 5.74) is 5.87. The first kappa shape index (κ1) is 14.5. The molecule has 0 aliphatic rings. The smallest absolute Gasteiger partial charge is 0.203 e. The third-order valence-electron chi connectivity index (χ3n) is 2.68. The van der Waals surface area contributed by atoms with E-state index in [1.54, 1.807) is 6.21 Å². The number of aromatic nitrogens is 2. The van der Waals surface area contributed by atoms with Crippen LogP contribution in [0.1, 0.15) is 5.69 Å². The van der Waals surface area contributed by atoms with E-state index in [0.717, 1.165) is 31.2 Å². The minimum Gasteiger partial charge on any atom is -0.348 e. The molecule has 0 aliphatic heterocycles. The van der Waals surface area contributed by atoms with Crippen molar-refractivity contribution in [3.8, 4) is 11.3 Å². The average Bonchev–Trinajstić information content (AvgIpc) is 3.09. The Labute approximate surface area is 142 Å². The van der Waals surface area contributed by atoms with Gasteiger partial charge in [0.25, 0.3) is 0 Å². The highest BCUT2D eigenvalue weighted by molar-refractivity contribution is 9.10. The van der Waals surface area contributed by atoms with Gasteiger partial charge in [0.2, 0.25) is 5.13 Å². The topological polar surface area (TPSA) is 53.1 Å². The van der Waals surface area contributed by atoms with Crippen molar-refractivity contribution in [2.75, 3.05) is 5.43 Å². The molecule has 0 saturated heterocycles. The van der Waals surface area contributed by atoms with Crippen LogP contribution in [0.5, 0.6) is 0 Å². The van der Waals surface area contributed by atoms with Crippen LogP contribution in [0.3, 0.4) is 0 Å². The van der Waals surface area contributed by atoms with Gasteiger partial charge in [0.15, 0.2) is 0 Å². The Kier molecular flexibility index (Phi) is 4.52. The third-order valence-corrected chi connectivity index (χ3v) is 4.42. The number of hydrazone groups is 1. The van der Waals surface area contributed by atoms with Gasteiger partial charge in [-0.3, -0.25) is 5.43 Å². The van der Waals surface area contributed by atoms with Crippen LogP contribution in [0, 0.1) is 0 Å². The molecule has 3 rings (SSSR count). The summed E-state index contributed by atoms with van der Waals surface area (Å²) in [5, 5.41) is 6.92. The quantitative estimate of drug-likeness (QED) is 0.450. The lowest BCUT2D eigenvalue weighted by atomic mass is 10.2. The van der Waals surface area contributed by atoms with Gasteiger partial charge in [0, 0.05) is 15.4 Å². The molecular weight excluding hydrogens is 416 g/mol. The number of H-pyrrole nitrogens is 1. The standard InChI is InChI=1S/C14H10Br2N4S/c15-10-3-1-9(2-4-10)12-8-21-14(19-12)20-17-7-11-5-6-13(16)18-11/h1-8,18H,(H,19,20)/b17-7+. The predicted molar refractivity (Wildman–Crippen MR) is 95.0 cm³/mol. The van der Waals surface area contributed by atoms with Gasteiger partial charge in [-0.25, -0.2) is 4.98 Å². The molecule has 1 aromatic carbocycles. The van der Waals surface area contributed by atoms with E-state index in [2.05, 4.69) is 52.4 Å². The molecule has 0 fully saturated rings. The number of halogens is 2. The van der Waals surface area contributed by atoms with Gasteiger partial charge in [0.05, 0.1) is 22.2 Å². The molecule has 4 nitrogen and oxygen atoms in total. The summed E-state index contributed by atoms with van der Waals surface area (Å²) >= 11 is 8.30. The zero-order valence-corrected chi connectivity index (χ0v) is 14.7. The Morgan fingerprint density at radius 3 is 2.67 bits per heavy atom. The van der Waals surface area contributed by atoms with Crippen molar-refractivity contribution < 1.29 is 0 Å². The van der Waals surface area contributed by atoms with E-state index in [0.29, 0.717) is 0 Å². The third kappa shape index (κ3) is 3.81. The summed E-state index contributed by atoms with van der Waals surface area (Å²) in [6.45, 7) is 0. The largest absolute Gasteiger partial charge is 0.348 e. The molecule has 0 unspecified atom stereocenters. The van der Waals surface area contributed by atoms with Gasteiger partial charge in [-0.15, -0.1) is 11.3 Å². The maximum Gasteiger partial charge on any atom is 0.203 e. The lowest BCUT2D eigenvalue weighted by molar-refractivity contribution is 1.27. The second-order valence-corrected chi connectivity index (χ2v) is 6.80. The SMILES string of the molecule is Brc1ccc(-c2csc(N/N=C/c3ccc(Br)[nH]3)n2)cc1. The first-order valence-corrected chi connectivity index (χ1v) is 8.52. The molecule has 0 radical (unpaired) electrons. The summed E-state index contributed by atoms with van der Waals surface area (Å²) in [6, 6.07) is 11.9. The van der Waals surface area contributed by atoms with Crippen LogP contribution in [-0.4, -0.2) is 16.2 Å². The number of nitrogens with zero attached hydrogens (tertiary/aromatic N) is 2. The Morgan fingerprint density at radius 1 is 1.14 bits per heavy atom. The highest BCUT2D eigenvalue weighted by Gasteiger charge is 2.03. The first-order chi connectivity index (χ1) is 10.2. The van der Waals surface area contributed by atoms with Crippen LogP contribution in [0.2, 0.25) is 0 Å². The van der Waals surface area contributed by atoms with Crippen molar-refractivity contribution >= 4 is 54.5 Å². The molecule has 0 bridgehead atoms. The Hall–Kier alpha value is -1.44. The molecule has 7 heteroatoms. The first-order valence-electron chi connectivity index (χ1n) is 6.06. The molecule has 2 N–H and O–H groups in total. The zero-order valence-electron chi connectivity index (χ0n) is 10.7. The van der Waals surface area contributed by atoms with Crippen LogP contribution < -0.4 is 5.43 Å². The van der Waals surface area contributed by atoms with Crippen LogP contribution in [0.4, 0.5) is 5.13 Å². The van der Waals surface area contributed by atoms with Crippen molar-refractivity contribution in [1.82, 2.24) is 9.97 Å². The molecule has 0 aliphatic carbocycles. The van der Waals surface area contributed by atoms with Crippen molar-refractivity contribution in [2.45, 2.75) is 0 Å². The summed E-state index contributed by atoms with van der Waals surface area (Å²) in [6.07, 6.45) is 1.71. The maximum atomic E-state index is 4.51. The van der Waals surface area contributed by atoms with Crippen molar-refractivity contribution in [1.29, 1.82) is 0 Å². The summed E-state index contributed by atoms with van der Waals surface area (Å²) in [5.74, 6) is 0. The van der Waals surface area contributed by atoms with Crippen LogP contribution in [0.15, 0.2) is 56.0 Å². The summed E-state index contributed by atoms with van der Waals surface area (Å²) < 4.78 is 1.98. The molecule has 106 valence electrons. The monoisotopic (exact) mass is 424 g/mol. The number of benzene rings is 1. The number of hydrogen-bond acceptors (Lipinski definition) is 4. The summed E-state index contributed by atoms with van der Waals surface area (Å²) in [4.78, 5) is 7.61. The zero-order chi connectivity index (χ0) is 14.7. The normalized spacial score (nSPS) is 11.1. The molecular formula is C14H10Br2N4S. The molecule has 3 aromatic rings. The fourth-order valence-electron chi connectivity index (χ4n) is 1.69. The van der Waals surface area contributed by atoms with Gasteiger partial charge in [-0.2, -0.15) is 5.10 Å². The Morgan fingerprint density at radius 2 is 1.95 bits per heavy atom. The highest BCUT2D eigenvalue weighted by Crippen LogP contribution is 2.26. The number of rotatable bonds is 4. The number of nitrogens with one attached hydrogen (secondary N) is 2. The number of aromatic amines is 1. The van der Waals surface area contributed by atoms with Crippen LogP contribution in [0.25, 0.3) is 11.3 Å². The number of thiazole rings is 1. The molecule has 2 aromatic heterocycles. The lowest BCUT2D eigenvalue weighted by Crippen LogP contribution is -1.90. The van der Waals surface area contributed by atoms with E-state index in [1.807, 2.05) is 41.8 Å². The van der Waals surface area contributed by atoms with E-state index >= 15 is 0 Å². The van der Waals surface area contributed by atoms with Gasteiger partial charge < -0.3 is 4.98 Å². The summed E-state index contributed by atoms with van der Waals surface area (Å²) in [7, 11) is 0. The van der Waals surface area contributed by atoms with E-state index in [1.165, 1.54) is 11.3 Å². The predicted octanol–water partition coefficient (Wildman–Crippen LogP) is 5.11. The van der Waals surface area contributed by atoms with Crippen molar-refractivity contribution in [2.24, 2.45) is 5.10 Å². The molecule has 0 amide bonds. The van der Waals surface area contributed by atoms with E-state index in [4.69, 9.17) is 0 Å². The minimum atomic E-state index is 0.759. The molecule has 0 atom stereocenters. The molecule has 21 heavy (non-hydrogen) atoms. The van der Waals surface area contributed by atoms with E-state index in [-0.39, 0.29) is 0 Å². The van der Waals surface area contributed by atoms with Gasteiger partial charge in [-0.05, 0) is 40.2 Å². The van der Waals surface area contributed by atoms with Gasteiger partial charge >= 0.3 is 0 Å². The van der Waals surface area contributed by atoms with Crippen molar-refractivity contribution in [3.63, 3.8) is 0 Å². The number of anilines is 1. The van der Waals surface area contributed by atoms with E-state index < -0.39 is 0 Å². The fourth-order valence-corrected chi connectivity index (χ4v) is 2.99. The average molecular weight is 426 g/mol. The second-order valence-electron chi connectivity index (χ2n) is 4.18. The lowest BCUT2D eigenvalue weighted by Gasteiger charge is -1.96. The fraction of sp³-hybridized carbons (Fsp3) is 0. The second kappa shape index (κ2) is 6.55. The Bertz CT molecular complexity index is 761. The molecule has 2 heterocycles.